The number of allylic oxidation sites excluding steroid dienone is 3. The first kappa shape index (κ1) is 33.7. The summed E-state index contributed by atoms with van der Waals surface area (Å²) in [5.74, 6) is -0.670. The molecule has 0 unspecified atom stereocenters. The van der Waals surface area contributed by atoms with Crippen molar-refractivity contribution in [3.8, 4) is 11.3 Å². The van der Waals surface area contributed by atoms with Crippen molar-refractivity contribution in [3.05, 3.63) is 108 Å². The lowest BCUT2D eigenvalue weighted by Gasteiger charge is -2.27. The summed E-state index contributed by atoms with van der Waals surface area (Å²) in [5.41, 5.74) is 4.50. The Balaban J connectivity index is 1.51. The zero-order valence-corrected chi connectivity index (χ0v) is 28.3. The van der Waals surface area contributed by atoms with Crippen molar-refractivity contribution in [1.82, 2.24) is 4.57 Å². The molecule has 2 aromatic heterocycles. The lowest BCUT2D eigenvalue weighted by atomic mass is 9.99. The third-order valence-electron chi connectivity index (χ3n) is 7.38. The Kier molecular flexibility index (Phi) is 10.6. The van der Waals surface area contributed by atoms with E-state index in [2.05, 4.69) is 0 Å². The molecule has 10 nitrogen and oxygen atoms in total. The number of aromatic nitrogens is 2. The molecule has 242 valence electrons. The summed E-state index contributed by atoms with van der Waals surface area (Å²) in [6.07, 6.45) is 9.94. The van der Waals surface area contributed by atoms with Crippen LogP contribution in [0.5, 0.6) is 0 Å². The van der Waals surface area contributed by atoms with Crippen LogP contribution in [0.2, 0.25) is 0 Å². The summed E-state index contributed by atoms with van der Waals surface area (Å²) in [6.45, 7) is 3.16. The van der Waals surface area contributed by atoms with E-state index in [4.69, 9.17) is 4.55 Å². The molecule has 46 heavy (non-hydrogen) atoms. The summed E-state index contributed by atoms with van der Waals surface area (Å²) in [7, 11) is -8.13. The van der Waals surface area contributed by atoms with E-state index < -0.39 is 20.2 Å². The fourth-order valence-corrected chi connectivity index (χ4v) is 8.34. The smallest absolute Gasteiger partial charge is 0.269 e. The van der Waals surface area contributed by atoms with Gasteiger partial charge in [-0.1, -0.05) is 53.8 Å². The average molecular weight is 701 g/mol. The highest BCUT2D eigenvalue weighted by molar-refractivity contribution is 7.86. The van der Waals surface area contributed by atoms with Gasteiger partial charge in [0.15, 0.2) is 6.54 Å². The van der Waals surface area contributed by atoms with E-state index in [1.807, 2.05) is 107 Å². The zero-order chi connectivity index (χ0) is 32.9. The van der Waals surface area contributed by atoms with Gasteiger partial charge in [-0.05, 0) is 49.3 Å². The van der Waals surface area contributed by atoms with Gasteiger partial charge >= 0.3 is 0 Å². The molecule has 0 atom stereocenters. The average Bonchev–Trinajstić information content (AvgIpc) is 3.55. The largest absolute Gasteiger partial charge is 0.347 e. The van der Waals surface area contributed by atoms with Crippen LogP contribution >= 0.6 is 22.7 Å². The van der Waals surface area contributed by atoms with Crippen molar-refractivity contribution >= 4 is 66.3 Å². The van der Waals surface area contributed by atoms with Gasteiger partial charge in [0.1, 0.15) is 4.66 Å². The van der Waals surface area contributed by atoms with Crippen LogP contribution in [0.1, 0.15) is 30.3 Å². The van der Waals surface area contributed by atoms with Gasteiger partial charge in [-0.2, -0.15) is 21.4 Å². The van der Waals surface area contributed by atoms with Gasteiger partial charge in [0.25, 0.3) is 30.8 Å². The lowest BCUT2D eigenvalue weighted by Crippen LogP contribution is -2.38. The van der Waals surface area contributed by atoms with Crippen LogP contribution in [-0.4, -0.2) is 48.6 Å². The van der Waals surface area contributed by atoms with Crippen LogP contribution in [-0.2, 0) is 33.3 Å². The number of anilines is 1. The molecule has 4 aromatic rings. The first-order chi connectivity index (χ1) is 21.9. The molecule has 0 saturated heterocycles. The number of nitrogens with zero attached hydrogens (tertiary/aromatic N) is 3. The molecule has 3 heterocycles. The second-order valence-electron chi connectivity index (χ2n) is 10.6. The summed E-state index contributed by atoms with van der Waals surface area (Å²) in [4.78, 5) is 15.4. The number of para-hydroxylation sites is 1. The van der Waals surface area contributed by atoms with E-state index in [-0.39, 0.29) is 29.9 Å². The zero-order valence-electron chi connectivity index (χ0n) is 25.0. The first-order valence-electron chi connectivity index (χ1n) is 14.6. The Morgan fingerprint density at radius 1 is 0.913 bits per heavy atom. The number of benzene rings is 2. The molecule has 0 spiro atoms. The van der Waals surface area contributed by atoms with Crippen LogP contribution in [0.4, 0.5) is 5.69 Å². The molecule has 0 saturated carbocycles. The van der Waals surface area contributed by atoms with E-state index in [1.165, 1.54) is 22.7 Å². The fourth-order valence-electron chi connectivity index (χ4n) is 5.24. The van der Waals surface area contributed by atoms with Gasteiger partial charge in [0.05, 0.1) is 27.5 Å². The Morgan fingerprint density at radius 3 is 2.33 bits per heavy atom. The number of rotatable bonds is 12. The Labute approximate surface area is 275 Å². The van der Waals surface area contributed by atoms with Crippen molar-refractivity contribution in [2.75, 3.05) is 23.0 Å². The van der Waals surface area contributed by atoms with Crippen molar-refractivity contribution in [3.63, 3.8) is 0 Å². The SMILES string of the molecule is CCn1c(=O)/c(=C\C=C2\C=CN(CCCS(=O)(=O)O)c3ccccc32)s/c1=C\c1scc(-c2ccccc2)[n+]1CCCS(=O)(=O)O. The van der Waals surface area contributed by atoms with Gasteiger partial charge in [0.2, 0.25) is 5.69 Å². The molecule has 14 heteroatoms. The van der Waals surface area contributed by atoms with E-state index in [0.29, 0.717) is 24.2 Å². The number of thiazole rings is 2. The third kappa shape index (κ3) is 8.37. The molecule has 0 radical (unpaired) electrons. The maximum absolute atomic E-state index is 13.5. The van der Waals surface area contributed by atoms with E-state index in [0.717, 1.165) is 37.8 Å². The summed E-state index contributed by atoms with van der Waals surface area (Å²) in [5, 5.41) is 2.85. The predicted molar refractivity (Wildman–Crippen MR) is 184 cm³/mol. The molecule has 0 amide bonds. The van der Waals surface area contributed by atoms with Crippen LogP contribution in [0.3, 0.4) is 0 Å². The number of hydrogen-bond acceptors (Lipinski definition) is 8. The molecule has 1 aliphatic heterocycles. The summed E-state index contributed by atoms with van der Waals surface area (Å²) < 4.78 is 68.6. The Bertz CT molecular complexity index is 2180. The topological polar surface area (TPSA) is 138 Å². The molecule has 5 rings (SSSR count). The standard InChI is InChI=1S/C32H33N3O7S4/c1-2-34-31(22-30-35(18-9-21-46(40,41)42)28(23-43-30)25-10-4-3-5-11-25)44-29(32(34)36)15-14-24-16-19-33(17-8-20-45(37,38)39)27-13-7-6-12-26(24)27/h3-7,10-16,19,22-23H,2,8-9,17-18,20-21H2,1H3,(H-,37,38,39,40,41,42)/p+1/b24-14-,29-15+. The van der Waals surface area contributed by atoms with Crippen LogP contribution < -0.4 is 24.2 Å². The minimum absolute atomic E-state index is 0.117. The van der Waals surface area contributed by atoms with Crippen molar-refractivity contribution < 1.29 is 30.5 Å². The molecule has 2 aromatic carbocycles. The summed E-state index contributed by atoms with van der Waals surface area (Å²) >= 11 is 2.87. The van der Waals surface area contributed by atoms with Gasteiger partial charge in [0, 0.05) is 42.5 Å². The third-order valence-corrected chi connectivity index (χ3v) is 11.0. The molecular formula is C32H34N3O7S4+. The maximum Gasteiger partial charge on any atom is 0.269 e. The van der Waals surface area contributed by atoms with Gasteiger partial charge < -0.3 is 4.90 Å². The highest BCUT2D eigenvalue weighted by atomic mass is 32.2. The van der Waals surface area contributed by atoms with Crippen molar-refractivity contribution in [2.45, 2.75) is 32.9 Å². The van der Waals surface area contributed by atoms with Crippen LogP contribution in [0, 0.1) is 0 Å². The molecule has 0 bridgehead atoms. The van der Waals surface area contributed by atoms with Crippen LogP contribution in [0.15, 0.2) is 83.1 Å². The maximum atomic E-state index is 13.5. The van der Waals surface area contributed by atoms with E-state index in [9.17, 15) is 26.2 Å². The minimum Gasteiger partial charge on any atom is -0.347 e. The molecule has 2 N–H and O–H groups in total. The minimum atomic E-state index is -4.10. The number of fused-ring (bicyclic) bond motifs is 1. The first-order valence-corrected chi connectivity index (χ1v) is 19.5. The summed E-state index contributed by atoms with van der Waals surface area (Å²) in [6, 6.07) is 17.5. The Hall–Kier alpha value is -3.66. The molecule has 0 aliphatic carbocycles. The van der Waals surface area contributed by atoms with Crippen molar-refractivity contribution in [2.24, 2.45) is 0 Å². The highest BCUT2D eigenvalue weighted by Gasteiger charge is 2.22. The van der Waals surface area contributed by atoms with Crippen LogP contribution in [0.25, 0.3) is 29.0 Å². The second-order valence-corrected chi connectivity index (χ2v) is 15.7. The van der Waals surface area contributed by atoms with E-state index in [1.54, 1.807) is 4.57 Å². The Morgan fingerprint density at radius 2 is 1.61 bits per heavy atom. The lowest BCUT2D eigenvalue weighted by molar-refractivity contribution is -0.683. The quantitative estimate of drug-likeness (QED) is 0.169. The van der Waals surface area contributed by atoms with Gasteiger partial charge in [-0.3, -0.25) is 18.5 Å². The molecular weight excluding hydrogens is 667 g/mol. The molecule has 0 fully saturated rings. The fraction of sp³-hybridized carbons (Fsp3) is 0.250. The van der Waals surface area contributed by atoms with E-state index >= 15 is 0 Å². The van der Waals surface area contributed by atoms with Crippen molar-refractivity contribution in [1.29, 1.82) is 0 Å². The predicted octanol–water partition coefficient (Wildman–Crippen LogP) is 3.53. The van der Waals surface area contributed by atoms with Gasteiger partial charge in [-0.25, -0.2) is 0 Å². The molecule has 1 aliphatic rings. The van der Waals surface area contributed by atoms with Gasteiger partial charge in [-0.15, -0.1) is 11.3 Å². The highest BCUT2D eigenvalue weighted by Crippen LogP contribution is 2.32. The normalized spacial score (nSPS) is 15.2. The number of hydrogen-bond donors (Lipinski definition) is 2. The second kappa shape index (κ2) is 14.4. The monoisotopic (exact) mass is 700 g/mol.